The maximum atomic E-state index is 10.3. The largest absolute Gasteiger partial charge is 0.504 e. The van der Waals surface area contributed by atoms with Gasteiger partial charge in [0.05, 0.1) is 6.61 Å². The Bertz CT molecular complexity index is 652. The van der Waals surface area contributed by atoms with E-state index >= 15 is 0 Å². The summed E-state index contributed by atoms with van der Waals surface area (Å²) in [5.41, 5.74) is 4.95. The molecule has 0 spiro atoms. The Morgan fingerprint density at radius 2 is 1.91 bits per heavy atom. The Morgan fingerprint density at radius 1 is 1.09 bits per heavy atom. The molecule has 1 aliphatic rings. The van der Waals surface area contributed by atoms with Crippen LogP contribution in [0.4, 0.5) is 5.69 Å². The quantitative estimate of drug-likeness (QED) is 0.865. The number of hydrogen-bond donors (Lipinski definition) is 2. The molecule has 0 atom stereocenters. The number of phenols is 1. The van der Waals surface area contributed by atoms with Gasteiger partial charge in [0.2, 0.25) is 0 Å². The second-order valence-electron chi connectivity index (χ2n) is 5.70. The fourth-order valence-corrected chi connectivity index (χ4v) is 3.12. The Hall–Kier alpha value is -2.16. The van der Waals surface area contributed by atoms with E-state index in [1.165, 1.54) is 36.1 Å². The first-order valence-electron chi connectivity index (χ1n) is 8.08. The molecule has 2 aromatic rings. The molecule has 0 aliphatic heterocycles. The van der Waals surface area contributed by atoms with Crippen molar-refractivity contribution in [3.05, 3.63) is 53.1 Å². The van der Waals surface area contributed by atoms with Crippen molar-refractivity contribution in [2.24, 2.45) is 0 Å². The lowest BCUT2D eigenvalue weighted by atomic mass is 9.90. The average Bonchev–Trinajstić information content (AvgIpc) is 2.56. The minimum atomic E-state index is 0.238. The lowest BCUT2D eigenvalue weighted by Crippen LogP contribution is -2.08. The molecule has 3 nitrogen and oxygen atoms in total. The first-order valence-corrected chi connectivity index (χ1v) is 8.08. The molecule has 0 aromatic heterocycles. The summed E-state index contributed by atoms with van der Waals surface area (Å²) in [5, 5.41) is 13.8. The topological polar surface area (TPSA) is 41.5 Å². The van der Waals surface area contributed by atoms with Crippen LogP contribution in [-0.2, 0) is 19.4 Å². The van der Waals surface area contributed by atoms with Crippen LogP contribution in [0.3, 0.4) is 0 Å². The number of para-hydroxylation sites is 1. The van der Waals surface area contributed by atoms with E-state index in [0.29, 0.717) is 18.9 Å². The minimum absolute atomic E-state index is 0.238. The Balaban J connectivity index is 1.77. The predicted molar refractivity (Wildman–Crippen MR) is 89.7 cm³/mol. The zero-order chi connectivity index (χ0) is 15.4. The highest BCUT2D eigenvalue weighted by atomic mass is 16.5. The van der Waals surface area contributed by atoms with Crippen LogP contribution in [-0.4, -0.2) is 11.7 Å². The van der Waals surface area contributed by atoms with Crippen LogP contribution in [0.25, 0.3) is 0 Å². The van der Waals surface area contributed by atoms with E-state index < -0.39 is 0 Å². The standard InChI is InChI=1S/C19H23NO2/c1-2-22-18-12-6-9-15(19(18)21)13-20-17-11-5-8-14-7-3-4-10-16(14)17/h5-6,8-9,11-12,20-21H,2-4,7,10,13H2,1H3. The number of ether oxygens (including phenoxy) is 1. The van der Waals surface area contributed by atoms with E-state index in [4.69, 9.17) is 4.74 Å². The number of rotatable bonds is 5. The fourth-order valence-electron chi connectivity index (χ4n) is 3.12. The highest BCUT2D eigenvalue weighted by Gasteiger charge is 2.13. The second-order valence-corrected chi connectivity index (χ2v) is 5.70. The summed E-state index contributed by atoms with van der Waals surface area (Å²) in [6, 6.07) is 12.1. The molecule has 0 radical (unpaired) electrons. The number of fused-ring (bicyclic) bond motifs is 1. The third-order valence-electron chi connectivity index (χ3n) is 4.25. The van der Waals surface area contributed by atoms with Crippen molar-refractivity contribution in [2.45, 2.75) is 39.2 Å². The minimum Gasteiger partial charge on any atom is -0.504 e. The molecule has 1 aliphatic carbocycles. The molecular weight excluding hydrogens is 274 g/mol. The lowest BCUT2D eigenvalue weighted by molar-refractivity contribution is 0.317. The molecule has 22 heavy (non-hydrogen) atoms. The summed E-state index contributed by atoms with van der Waals surface area (Å²) in [6.45, 7) is 3.07. The van der Waals surface area contributed by atoms with E-state index in [1.54, 1.807) is 6.07 Å². The fraction of sp³-hybridized carbons (Fsp3) is 0.368. The predicted octanol–water partition coefficient (Wildman–Crippen LogP) is 4.28. The summed E-state index contributed by atoms with van der Waals surface area (Å²) in [7, 11) is 0. The first-order chi connectivity index (χ1) is 10.8. The number of hydrogen-bond acceptors (Lipinski definition) is 3. The van der Waals surface area contributed by atoms with E-state index in [9.17, 15) is 5.11 Å². The monoisotopic (exact) mass is 297 g/mol. The van der Waals surface area contributed by atoms with Crippen molar-refractivity contribution in [1.82, 2.24) is 0 Å². The molecule has 2 aromatic carbocycles. The number of nitrogens with one attached hydrogen (secondary N) is 1. The molecule has 0 amide bonds. The molecule has 0 heterocycles. The van der Waals surface area contributed by atoms with Gasteiger partial charge in [-0.05, 0) is 55.9 Å². The SMILES string of the molecule is CCOc1cccc(CNc2cccc3c2CCCC3)c1O. The Kier molecular flexibility index (Phi) is 4.52. The highest BCUT2D eigenvalue weighted by Crippen LogP contribution is 2.32. The number of anilines is 1. The summed E-state index contributed by atoms with van der Waals surface area (Å²) in [4.78, 5) is 0. The van der Waals surface area contributed by atoms with Gasteiger partial charge in [0.15, 0.2) is 11.5 Å². The number of aromatic hydroxyl groups is 1. The van der Waals surface area contributed by atoms with Gasteiger partial charge in [0.1, 0.15) is 0 Å². The number of phenolic OH excluding ortho intramolecular Hbond substituents is 1. The van der Waals surface area contributed by atoms with Crippen LogP contribution in [0.5, 0.6) is 11.5 Å². The van der Waals surface area contributed by atoms with E-state index in [2.05, 4.69) is 23.5 Å². The zero-order valence-electron chi connectivity index (χ0n) is 13.1. The average molecular weight is 297 g/mol. The van der Waals surface area contributed by atoms with Crippen molar-refractivity contribution in [1.29, 1.82) is 0 Å². The van der Waals surface area contributed by atoms with Gasteiger partial charge in [-0.25, -0.2) is 0 Å². The van der Waals surface area contributed by atoms with Gasteiger partial charge in [-0.1, -0.05) is 24.3 Å². The Morgan fingerprint density at radius 3 is 2.77 bits per heavy atom. The zero-order valence-corrected chi connectivity index (χ0v) is 13.1. The normalized spacial score (nSPS) is 13.5. The maximum absolute atomic E-state index is 10.3. The second kappa shape index (κ2) is 6.73. The molecule has 0 unspecified atom stereocenters. The van der Waals surface area contributed by atoms with Crippen LogP contribution in [0.1, 0.15) is 36.5 Å². The van der Waals surface area contributed by atoms with Gasteiger partial charge in [0.25, 0.3) is 0 Å². The number of aryl methyl sites for hydroxylation is 1. The van der Waals surface area contributed by atoms with E-state index in [-0.39, 0.29) is 5.75 Å². The van der Waals surface area contributed by atoms with Gasteiger partial charge in [0, 0.05) is 17.8 Å². The van der Waals surface area contributed by atoms with Gasteiger partial charge < -0.3 is 15.2 Å². The molecule has 0 saturated carbocycles. The van der Waals surface area contributed by atoms with Crippen molar-refractivity contribution in [3.8, 4) is 11.5 Å². The molecule has 0 fully saturated rings. The molecule has 116 valence electrons. The van der Waals surface area contributed by atoms with Crippen LogP contribution in [0.2, 0.25) is 0 Å². The van der Waals surface area contributed by atoms with Gasteiger partial charge >= 0.3 is 0 Å². The molecule has 3 heteroatoms. The van der Waals surface area contributed by atoms with Gasteiger partial charge in [-0.15, -0.1) is 0 Å². The third-order valence-corrected chi connectivity index (χ3v) is 4.25. The van der Waals surface area contributed by atoms with Crippen LogP contribution in [0.15, 0.2) is 36.4 Å². The Labute approximate surface area is 131 Å². The van der Waals surface area contributed by atoms with Crippen molar-refractivity contribution in [2.75, 3.05) is 11.9 Å². The molecule has 0 saturated heterocycles. The third kappa shape index (κ3) is 3.03. The molecule has 3 rings (SSSR count). The van der Waals surface area contributed by atoms with Crippen LogP contribution >= 0.6 is 0 Å². The van der Waals surface area contributed by atoms with Gasteiger partial charge in [-0.2, -0.15) is 0 Å². The van der Waals surface area contributed by atoms with Gasteiger partial charge in [-0.3, -0.25) is 0 Å². The van der Waals surface area contributed by atoms with E-state index in [1.807, 2.05) is 19.1 Å². The first kappa shape index (κ1) is 14.8. The molecule has 0 bridgehead atoms. The highest BCUT2D eigenvalue weighted by molar-refractivity contribution is 5.57. The van der Waals surface area contributed by atoms with Crippen molar-refractivity contribution in [3.63, 3.8) is 0 Å². The smallest absolute Gasteiger partial charge is 0.162 e. The van der Waals surface area contributed by atoms with Crippen LogP contribution < -0.4 is 10.1 Å². The molecular formula is C19H23NO2. The van der Waals surface area contributed by atoms with Crippen molar-refractivity contribution < 1.29 is 9.84 Å². The summed E-state index contributed by atoms with van der Waals surface area (Å²) in [6.07, 6.45) is 4.86. The lowest BCUT2D eigenvalue weighted by Gasteiger charge is -2.20. The molecule has 2 N–H and O–H groups in total. The summed E-state index contributed by atoms with van der Waals surface area (Å²) >= 11 is 0. The maximum Gasteiger partial charge on any atom is 0.162 e. The van der Waals surface area contributed by atoms with Crippen LogP contribution in [0, 0.1) is 0 Å². The number of benzene rings is 2. The van der Waals surface area contributed by atoms with E-state index in [0.717, 1.165) is 12.0 Å². The summed E-state index contributed by atoms with van der Waals surface area (Å²) in [5.74, 6) is 0.790. The van der Waals surface area contributed by atoms with Crippen molar-refractivity contribution >= 4 is 5.69 Å². The summed E-state index contributed by atoms with van der Waals surface area (Å²) < 4.78 is 5.44.